The van der Waals surface area contributed by atoms with Gasteiger partial charge in [-0.05, 0) is 129 Å². The van der Waals surface area contributed by atoms with Crippen LogP contribution in [0.4, 0.5) is 11.4 Å². The van der Waals surface area contributed by atoms with Gasteiger partial charge in [-0.3, -0.25) is 48.4 Å². The molecule has 2 N–H and O–H groups in total. The van der Waals surface area contributed by atoms with E-state index in [0.29, 0.717) is 107 Å². The molecule has 0 spiro atoms. The van der Waals surface area contributed by atoms with E-state index in [1.807, 2.05) is 48.5 Å². The molecule has 22 nitrogen and oxygen atoms in total. The van der Waals surface area contributed by atoms with E-state index in [4.69, 9.17) is 23.5 Å². The zero-order valence-electron chi connectivity index (χ0n) is 56.9. The van der Waals surface area contributed by atoms with E-state index in [2.05, 4.69) is 97.8 Å². The maximum absolute atomic E-state index is 14.4. The lowest BCUT2D eigenvalue weighted by atomic mass is 9.99. The van der Waals surface area contributed by atoms with Gasteiger partial charge in [0.05, 0.1) is 84.7 Å². The first-order valence-electron chi connectivity index (χ1n) is 33.1. The number of aryl methyl sites for hydroxylation is 1. The molecular formula is C75H83N9O13S2. The van der Waals surface area contributed by atoms with Gasteiger partial charge in [0, 0.05) is 83.8 Å². The summed E-state index contributed by atoms with van der Waals surface area (Å²) in [6.07, 6.45) is 4.11. The first-order chi connectivity index (χ1) is 47.8. The minimum atomic E-state index is -3.42. The van der Waals surface area contributed by atoms with Crippen molar-refractivity contribution in [1.82, 2.24) is 35.4 Å². The topological polar surface area (TPSA) is 243 Å². The van der Waals surface area contributed by atoms with Crippen LogP contribution in [0.15, 0.2) is 161 Å². The number of rotatable bonds is 25. The highest BCUT2D eigenvalue weighted by Crippen LogP contribution is 2.43. The maximum atomic E-state index is 14.4. The molecule has 0 unspecified atom stereocenters. The Morgan fingerprint density at radius 2 is 0.960 bits per heavy atom. The number of carbonyl (C=O) groups excluding carboxylic acids is 6. The fourth-order valence-electron chi connectivity index (χ4n) is 13.6. The molecule has 6 heterocycles. The summed E-state index contributed by atoms with van der Waals surface area (Å²) in [5.41, 5.74) is 7.98. The predicted octanol–water partition coefficient (Wildman–Crippen LogP) is 11.0. The van der Waals surface area contributed by atoms with Crippen molar-refractivity contribution in [2.75, 3.05) is 110 Å². The number of benzene rings is 6. The van der Waals surface area contributed by atoms with Crippen molar-refractivity contribution in [1.29, 1.82) is 0 Å². The van der Waals surface area contributed by atoms with Crippen LogP contribution in [0.5, 0.6) is 23.0 Å². The van der Waals surface area contributed by atoms with E-state index in [9.17, 15) is 37.2 Å². The number of imide groups is 2. The zero-order valence-corrected chi connectivity index (χ0v) is 58.5. The average Bonchev–Trinajstić information content (AvgIpc) is 1.60. The van der Waals surface area contributed by atoms with E-state index in [-0.39, 0.29) is 63.2 Å². The van der Waals surface area contributed by atoms with Crippen LogP contribution in [-0.4, -0.2) is 169 Å². The Bertz CT molecular complexity index is 4360. The number of carbonyl (C=O) groups is 6. The van der Waals surface area contributed by atoms with E-state index >= 15 is 0 Å². The lowest BCUT2D eigenvalue weighted by Crippen LogP contribution is -2.47. The number of methoxy groups -OCH3 is 4. The van der Waals surface area contributed by atoms with Crippen molar-refractivity contribution in [3.8, 4) is 23.0 Å². The van der Waals surface area contributed by atoms with Crippen LogP contribution in [0.3, 0.4) is 0 Å². The number of hydrogen-bond acceptors (Lipinski definition) is 19. The summed E-state index contributed by atoms with van der Waals surface area (Å²) in [7, 11) is 2.76. The molecule has 0 radical (unpaired) electrons. The number of nitrogens with zero attached hydrogens (tertiary/aromatic N) is 7. The number of amides is 6. The second-order valence-electron chi connectivity index (χ2n) is 24.8. The van der Waals surface area contributed by atoms with E-state index in [1.54, 1.807) is 57.5 Å². The van der Waals surface area contributed by atoms with Crippen LogP contribution >= 0.6 is 11.3 Å². The van der Waals surface area contributed by atoms with Gasteiger partial charge >= 0.3 is 0 Å². The van der Waals surface area contributed by atoms with Gasteiger partial charge in [-0.2, -0.15) is 0 Å². The number of nitrogens with one attached hydrogen (secondary N) is 2. The smallest absolute Gasteiger partial charge is 0.264 e. The van der Waals surface area contributed by atoms with Crippen LogP contribution in [0.1, 0.15) is 153 Å². The molecule has 0 aliphatic carbocycles. The quantitative estimate of drug-likeness (QED) is 0.0399. The molecule has 0 saturated carbocycles. The van der Waals surface area contributed by atoms with Crippen molar-refractivity contribution in [2.45, 2.75) is 74.8 Å². The highest BCUT2D eigenvalue weighted by atomic mass is 32.2. The zero-order chi connectivity index (χ0) is 70.1. The number of fused-ring (bicyclic) bond motifs is 2. The molecule has 2 saturated heterocycles. The van der Waals surface area contributed by atoms with E-state index in [1.165, 1.54) is 53.5 Å². The van der Waals surface area contributed by atoms with Gasteiger partial charge in [-0.15, -0.1) is 11.3 Å². The lowest BCUT2D eigenvalue weighted by molar-refractivity contribution is 0.0556. The normalized spacial score (nSPS) is 16.1. The number of piperazine rings is 2. The summed E-state index contributed by atoms with van der Waals surface area (Å²) < 4.78 is 50.8. The van der Waals surface area contributed by atoms with Gasteiger partial charge in [0.25, 0.3) is 35.4 Å². The van der Waals surface area contributed by atoms with Crippen LogP contribution in [0.25, 0.3) is 0 Å². The van der Waals surface area contributed by atoms with E-state index < -0.39 is 21.9 Å². The van der Waals surface area contributed by atoms with Gasteiger partial charge in [0.2, 0.25) is 0 Å². The van der Waals surface area contributed by atoms with Gasteiger partial charge in [-0.25, -0.2) is 8.42 Å². The van der Waals surface area contributed by atoms with Crippen LogP contribution in [0, 0.1) is 6.92 Å². The SMILES string of the molecule is COc1ccc([C@@H](CCCNC(=O)c2ccc(S(C)(=O)=O)s2)N2C(=O)c3cccc(N4CCN([C@H](C)c5ccccc5)CC4)c3C2=O)cc1OC.COc1ccc([C@@H](CCCNC(=O)c2conc2C)N2C(=O)c3cccc(N4CCN([C@H](C)c5ccccc5)CC4)c3C2=O)cc1OC. The predicted molar refractivity (Wildman–Crippen MR) is 378 cm³/mol. The van der Waals surface area contributed by atoms with Crippen LogP contribution in [-0.2, 0) is 9.84 Å². The number of aromatic nitrogens is 1. The third-order valence-corrected chi connectivity index (χ3v) is 22.0. The molecule has 6 amide bonds. The Labute approximate surface area is 581 Å². The minimum Gasteiger partial charge on any atom is -0.493 e. The number of sulfone groups is 1. The highest BCUT2D eigenvalue weighted by Gasteiger charge is 2.45. The first-order valence-corrected chi connectivity index (χ1v) is 35.9. The molecule has 4 aliphatic rings. The van der Waals surface area contributed by atoms with Crippen molar-refractivity contribution >= 4 is 68.0 Å². The summed E-state index contributed by atoms with van der Waals surface area (Å²) in [5, 5.41) is 9.52. The molecule has 12 rings (SSSR count). The molecule has 4 atom stereocenters. The molecule has 99 heavy (non-hydrogen) atoms. The summed E-state index contributed by atoms with van der Waals surface area (Å²) in [5.74, 6) is -0.0503. The highest BCUT2D eigenvalue weighted by molar-refractivity contribution is 7.92. The fraction of sp³-hybridized carbons (Fsp3) is 0.347. The Balaban J connectivity index is 0.000000200. The molecule has 8 aromatic rings. The van der Waals surface area contributed by atoms with Crippen molar-refractivity contribution < 1.29 is 60.7 Å². The largest absolute Gasteiger partial charge is 0.493 e. The number of anilines is 2. The Morgan fingerprint density at radius 1 is 0.525 bits per heavy atom. The fourth-order valence-corrected chi connectivity index (χ4v) is 15.4. The lowest BCUT2D eigenvalue weighted by Gasteiger charge is -2.39. The van der Waals surface area contributed by atoms with Gasteiger partial charge in [0.1, 0.15) is 16.0 Å². The molecule has 2 fully saturated rings. The number of hydrogen-bond donors (Lipinski definition) is 2. The molecule has 4 aliphatic heterocycles. The molecule has 6 aromatic carbocycles. The second kappa shape index (κ2) is 31.3. The monoisotopic (exact) mass is 1380 g/mol. The summed E-state index contributed by atoms with van der Waals surface area (Å²) in [4.78, 5) is 94.8. The third kappa shape index (κ3) is 15.2. The Kier molecular flexibility index (Phi) is 22.3. The molecular weight excluding hydrogens is 1300 g/mol. The van der Waals surface area contributed by atoms with Gasteiger partial charge in [-0.1, -0.05) is 90.1 Å². The maximum Gasteiger partial charge on any atom is 0.264 e. The van der Waals surface area contributed by atoms with Crippen LogP contribution in [0.2, 0.25) is 0 Å². The Hall–Kier alpha value is -9.88. The molecule has 518 valence electrons. The summed E-state index contributed by atoms with van der Waals surface area (Å²) in [6, 6.07) is 44.8. The van der Waals surface area contributed by atoms with Crippen molar-refractivity contribution in [3.05, 3.63) is 212 Å². The Morgan fingerprint density at radius 3 is 1.35 bits per heavy atom. The van der Waals surface area contributed by atoms with Gasteiger partial charge in [0.15, 0.2) is 32.8 Å². The summed E-state index contributed by atoms with van der Waals surface area (Å²) >= 11 is 0.914. The standard InChI is InChI=1S/C38H42N4O7S2.C37H41N5O6/c1-25(26-10-6-5-7-11-26)40-20-22-41(23-21-40)30-13-8-12-28-35(30)38(45)42(37(28)44)29(27-15-16-31(48-2)32(24-27)49-3)14-9-19-39-36(43)33-17-18-34(50-33)51(4,46)47;1-24-29(23-48-39-24)35(43)38-17-9-14-30(27-15-16-32(46-3)33(22-27)47-4)42-36(44)28-12-8-13-31(34(28)37(42)45)41-20-18-40(19-21-41)25(2)26-10-6-5-7-11-26/h5-8,10-13,15-18,24-25,29H,9,14,19-23H2,1-4H3,(H,39,43);5-8,10-13,15-16,22-23,25,30H,9,14,17-21H2,1-4H3,(H,38,43)/t25-,29-;25-,30-/m11/s1. The summed E-state index contributed by atoms with van der Waals surface area (Å²) in [6.45, 7) is 12.9. The molecule has 2 aromatic heterocycles. The first kappa shape index (κ1) is 70.4. The van der Waals surface area contributed by atoms with Crippen LogP contribution < -0.4 is 39.4 Å². The third-order valence-electron chi connectivity index (χ3n) is 19.1. The molecule has 0 bridgehead atoms. The van der Waals surface area contributed by atoms with E-state index in [0.717, 1.165) is 73.8 Å². The van der Waals surface area contributed by atoms with Gasteiger partial charge < -0.3 is 43.9 Å². The van der Waals surface area contributed by atoms with Crippen molar-refractivity contribution in [3.63, 3.8) is 0 Å². The second-order valence-corrected chi connectivity index (χ2v) is 28.2. The van der Waals surface area contributed by atoms with Crippen molar-refractivity contribution in [2.24, 2.45) is 0 Å². The average molecular weight is 1380 g/mol. The number of thiophene rings is 1. The molecule has 24 heteroatoms. The minimum absolute atomic E-state index is 0.120. The number of ether oxygens (including phenoxy) is 4.